The lowest BCUT2D eigenvalue weighted by atomic mass is 9.94. The molecule has 202 valence electrons. The zero-order valence-electron chi connectivity index (χ0n) is 25.2. The molecule has 2 aromatic carbocycles. The van der Waals surface area contributed by atoms with Crippen LogP contribution in [-0.2, 0) is 25.7 Å². The zero-order chi connectivity index (χ0) is 27.5. The molecule has 2 nitrogen and oxygen atoms in total. The molecule has 0 atom stereocenters. The van der Waals surface area contributed by atoms with Gasteiger partial charge in [0.1, 0.15) is 0 Å². The maximum atomic E-state index is 5.42. The highest BCUT2D eigenvalue weighted by atomic mass is 14.8. The monoisotopic (exact) mass is 500 g/mol. The minimum absolute atomic E-state index is 0.580. The van der Waals surface area contributed by atoms with Crippen LogP contribution in [0.15, 0.2) is 59.0 Å². The summed E-state index contributed by atoms with van der Waals surface area (Å²) in [5.74, 6) is 2.32. The van der Waals surface area contributed by atoms with Crippen LogP contribution in [0, 0.1) is 23.7 Å². The van der Waals surface area contributed by atoms with E-state index in [2.05, 4.69) is 105 Å². The summed E-state index contributed by atoms with van der Waals surface area (Å²) in [6.07, 6.45) is 7.87. The predicted octanol–water partition coefficient (Wildman–Crippen LogP) is 10.3. The molecule has 0 saturated carbocycles. The Labute approximate surface area is 228 Å². The van der Waals surface area contributed by atoms with E-state index in [4.69, 9.17) is 9.98 Å². The Morgan fingerprint density at radius 2 is 1.00 bits per heavy atom. The molecule has 0 aliphatic rings. The molecule has 0 radical (unpaired) electrons. The fourth-order valence-corrected chi connectivity index (χ4v) is 4.92. The topological polar surface area (TPSA) is 24.7 Å². The summed E-state index contributed by atoms with van der Waals surface area (Å²) in [5, 5.41) is 0. The number of para-hydroxylation sites is 2. The summed E-state index contributed by atoms with van der Waals surface area (Å²) < 4.78 is 0. The third-order valence-electron chi connectivity index (χ3n) is 6.45. The van der Waals surface area contributed by atoms with E-state index < -0.39 is 0 Å². The highest BCUT2D eigenvalue weighted by Crippen LogP contribution is 2.32. The summed E-state index contributed by atoms with van der Waals surface area (Å²) in [6, 6.07) is 13.5. The summed E-state index contributed by atoms with van der Waals surface area (Å²) in [4.78, 5) is 10.8. The van der Waals surface area contributed by atoms with E-state index in [9.17, 15) is 0 Å². The molecule has 2 heteroatoms. The molecule has 37 heavy (non-hydrogen) atoms. The van der Waals surface area contributed by atoms with Crippen molar-refractivity contribution in [1.29, 1.82) is 0 Å². The number of hydrogen-bond acceptors (Lipinski definition) is 2. The van der Waals surface area contributed by atoms with E-state index in [1.807, 2.05) is 6.08 Å². The van der Waals surface area contributed by atoms with E-state index in [1.54, 1.807) is 0 Å². The van der Waals surface area contributed by atoms with Gasteiger partial charge in [-0.1, -0.05) is 97.9 Å². The van der Waals surface area contributed by atoms with E-state index >= 15 is 0 Å². The van der Waals surface area contributed by atoms with Crippen LogP contribution in [-0.4, -0.2) is 11.4 Å². The van der Waals surface area contributed by atoms with Gasteiger partial charge in [-0.05, 0) is 91.4 Å². The second kappa shape index (κ2) is 15.1. The molecule has 0 saturated heterocycles. The van der Waals surface area contributed by atoms with Gasteiger partial charge in [0, 0.05) is 0 Å². The van der Waals surface area contributed by atoms with Gasteiger partial charge >= 0.3 is 0 Å². The lowest BCUT2D eigenvalue weighted by molar-refractivity contribution is 0.636. The van der Waals surface area contributed by atoms with Crippen LogP contribution in [0.3, 0.4) is 0 Å². The summed E-state index contributed by atoms with van der Waals surface area (Å²) in [7, 11) is 0. The fraction of sp³-hybridized carbons (Fsp3) is 0.543. The molecular weight excluding hydrogens is 448 g/mol. The summed E-state index contributed by atoms with van der Waals surface area (Å²) in [5.41, 5.74) is 9.81. The molecule has 0 heterocycles. The zero-order valence-corrected chi connectivity index (χ0v) is 25.2. The lowest BCUT2D eigenvalue weighted by Crippen LogP contribution is -2.12. The average molecular weight is 501 g/mol. The first-order chi connectivity index (χ1) is 17.5. The molecule has 2 aromatic rings. The second-order valence-electron chi connectivity index (χ2n) is 12.3. The summed E-state index contributed by atoms with van der Waals surface area (Å²) >= 11 is 0. The van der Waals surface area contributed by atoms with E-state index in [-0.39, 0.29) is 0 Å². The molecule has 0 aliphatic heterocycles. The average Bonchev–Trinajstić information content (AvgIpc) is 2.78. The van der Waals surface area contributed by atoms with Gasteiger partial charge < -0.3 is 0 Å². The SMILES string of the molecule is C=CCCC(=N\c1c(CC(C)C)cccc1CC(C)C)/C(C)=N/c1c(CC(C)C)cccc1CC(C)C. The quantitative estimate of drug-likeness (QED) is 0.182. The Hall–Kier alpha value is -2.48. The smallest absolute Gasteiger partial charge is 0.0697 e. The highest BCUT2D eigenvalue weighted by Gasteiger charge is 2.16. The van der Waals surface area contributed by atoms with Gasteiger partial charge in [-0.15, -0.1) is 6.58 Å². The normalized spacial score (nSPS) is 12.9. The van der Waals surface area contributed by atoms with Gasteiger partial charge in [0.05, 0.1) is 22.8 Å². The second-order valence-corrected chi connectivity index (χ2v) is 12.3. The van der Waals surface area contributed by atoms with Gasteiger partial charge in [-0.25, -0.2) is 0 Å². The Kier molecular flexibility index (Phi) is 12.5. The largest absolute Gasteiger partial charge is 0.251 e. The van der Waals surface area contributed by atoms with Crippen molar-refractivity contribution >= 4 is 22.8 Å². The van der Waals surface area contributed by atoms with Gasteiger partial charge in [-0.2, -0.15) is 0 Å². The van der Waals surface area contributed by atoms with Crippen molar-refractivity contribution in [2.45, 2.75) is 101 Å². The van der Waals surface area contributed by atoms with Crippen LogP contribution < -0.4 is 0 Å². The number of hydrogen-bond donors (Lipinski definition) is 0. The molecule has 0 aromatic heterocycles. The van der Waals surface area contributed by atoms with Crippen LogP contribution >= 0.6 is 0 Å². The Morgan fingerprint density at radius 3 is 1.32 bits per heavy atom. The fourth-order valence-electron chi connectivity index (χ4n) is 4.92. The van der Waals surface area contributed by atoms with Crippen molar-refractivity contribution in [3.63, 3.8) is 0 Å². The maximum absolute atomic E-state index is 5.42. The molecule has 0 fully saturated rings. The number of benzene rings is 2. The number of allylic oxidation sites excluding steroid dienone is 1. The van der Waals surface area contributed by atoms with Crippen molar-refractivity contribution in [2.75, 3.05) is 0 Å². The minimum atomic E-state index is 0.580. The number of nitrogens with zero attached hydrogens (tertiary/aromatic N) is 2. The van der Waals surface area contributed by atoms with E-state index in [0.29, 0.717) is 23.7 Å². The predicted molar refractivity (Wildman–Crippen MR) is 166 cm³/mol. The molecular formula is C35H52N2. The van der Waals surface area contributed by atoms with Crippen LogP contribution in [0.2, 0.25) is 0 Å². The van der Waals surface area contributed by atoms with E-state index in [1.165, 1.54) is 22.3 Å². The van der Waals surface area contributed by atoms with E-state index in [0.717, 1.165) is 61.3 Å². The molecule has 0 aliphatic carbocycles. The molecule has 0 spiro atoms. The minimum Gasteiger partial charge on any atom is -0.251 e. The van der Waals surface area contributed by atoms with Crippen molar-refractivity contribution < 1.29 is 0 Å². The van der Waals surface area contributed by atoms with Crippen LogP contribution in [0.4, 0.5) is 11.4 Å². The molecule has 0 unspecified atom stereocenters. The van der Waals surface area contributed by atoms with Gasteiger partial charge in [0.2, 0.25) is 0 Å². The van der Waals surface area contributed by atoms with Crippen LogP contribution in [0.5, 0.6) is 0 Å². The van der Waals surface area contributed by atoms with Gasteiger partial charge in [-0.3, -0.25) is 9.98 Å². The Bertz CT molecular complexity index is 1010. The van der Waals surface area contributed by atoms with Crippen LogP contribution in [0.25, 0.3) is 0 Å². The first kappa shape index (κ1) is 30.7. The third kappa shape index (κ3) is 10.1. The molecule has 2 rings (SSSR count). The lowest BCUT2D eigenvalue weighted by Gasteiger charge is -2.18. The number of rotatable bonds is 14. The molecule has 0 amide bonds. The Morgan fingerprint density at radius 1 is 0.649 bits per heavy atom. The van der Waals surface area contributed by atoms with Gasteiger partial charge in [0.25, 0.3) is 0 Å². The van der Waals surface area contributed by atoms with Crippen molar-refractivity contribution in [3.8, 4) is 0 Å². The highest BCUT2D eigenvalue weighted by molar-refractivity contribution is 6.42. The van der Waals surface area contributed by atoms with Gasteiger partial charge in [0.15, 0.2) is 0 Å². The third-order valence-corrected chi connectivity index (χ3v) is 6.45. The Balaban J connectivity index is 2.72. The van der Waals surface area contributed by atoms with Crippen molar-refractivity contribution in [2.24, 2.45) is 33.7 Å². The first-order valence-corrected chi connectivity index (χ1v) is 14.5. The van der Waals surface area contributed by atoms with Crippen LogP contribution in [0.1, 0.15) is 97.4 Å². The van der Waals surface area contributed by atoms with Crippen molar-refractivity contribution in [3.05, 3.63) is 71.3 Å². The summed E-state index contributed by atoms with van der Waals surface area (Å²) in [6.45, 7) is 24.4. The molecule has 0 N–H and O–H groups in total. The van der Waals surface area contributed by atoms with Crippen molar-refractivity contribution in [1.82, 2.24) is 0 Å². The standard InChI is InChI=1S/C35H52N2/c1-11-12-19-33(37-35-31(22-26(6)7)17-14-18-32(35)23-27(8)9)28(10)36-34-29(20-24(2)3)15-13-16-30(34)21-25(4)5/h11,13-18,24-27H,1,12,19-23H2,2-10H3/b36-28+,37-33+. The number of aliphatic imine (C=N–C) groups is 2. The first-order valence-electron chi connectivity index (χ1n) is 14.5. The molecule has 0 bridgehead atoms. The maximum Gasteiger partial charge on any atom is 0.0697 e.